The van der Waals surface area contributed by atoms with Gasteiger partial charge in [-0.25, -0.2) is 0 Å². The molecule has 0 amide bonds. The Balaban J connectivity index is 1.73. The van der Waals surface area contributed by atoms with Gasteiger partial charge in [0.15, 0.2) is 6.61 Å². The molecule has 1 aromatic rings. The van der Waals surface area contributed by atoms with Crippen molar-refractivity contribution in [2.24, 2.45) is 5.92 Å². The van der Waals surface area contributed by atoms with Crippen LogP contribution in [0.2, 0.25) is 0 Å². The normalized spacial score (nSPS) is 16.0. The fourth-order valence-corrected chi connectivity index (χ4v) is 2.05. The second-order valence-electron chi connectivity index (χ2n) is 5.05. The van der Waals surface area contributed by atoms with Crippen LogP contribution in [0.4, 0.5) is 0 Å². The number of nitrogens with zero attached hydrogens (tertiary/aromatic N) is 1. The fraction of sp³-hybridized carbons (Fsp3) is 0.533. The van der Waals surface area contributed by atoms with Crippen LogP contribution < -0.4 is 10.1 Å². The van der Waals surface area contributed by atoms with Crippen LogP contribution >= 0.6 is 0 Å². The molecule has 0 saturated heterocycles. The van der Waals surface area contributed by atoms with Crippen LogP contribution in [0.15, 0.2) is 24.3 Å². The van der Waals surface area contributed by atoms with E-state index in [1.54, 1.807) is 0 Å². The maximum atomic E-state index is 8.42. The molecule has 1 N–H and O–H groups in total. The Morgan fingerprint density at radius 1 is 1.39 bits per heavy atom. The third-order valence-corrected chi connectivity index (χ3v) is 3.27. The van der Waals surface area contributed by atoms with E-state index in [4.69, 9.17) is 10.00 Å². The second-order valence-corrected chi connectivity index (χ2v) is 5.05. The summed E-state index contributed by atoms with van der Waals surface area (Å²) in [6, 6.07) is 10.5. The monoisotopic (exact) mass is 244 g/mol. The van der Waals surface area contributed by atoms with E-state index in [1.807, 2.05) is 30.3 Å². The Kier molecular flexibility index (Phi) is 4.60. The standard InChI is InChI=1S/C15H20N2O/c1-12(10-13-2-3-13)17-11-14-4-6-15(7-5-14)18-9-8-16/h4-7,12-13,17H,2-3,9-11H2,1H3. The summed E-state index contributed by atoms with van der Waals surface area (Å²) >= 11 is 0. The van der Waals surface area contributed by atoms with Crippen LogP contribution in [-0.4, -0.2) is 12.6 Å². The average molecular weight is 244 g/mol. The molecule has 0 radical (unpaired) electrons. The van der Waals surface area contributed by atoms with E-state index < -0.39 is 0 Å². The number of nitriles is 1. The Bertz CT molecular complexity index is 403. The molecule has 0 heterocycles. The summed E-state index contributed by atoms with van der Waals surface area (Å²) in [5.41, 5.74) is 1.25. The molecule has 1 aromatic carbocycles. The smallest absolute Gasteiger partial charge is 0.174 e. The third-order valence-electron chi connectivity index (χ3n) is 3.27. The summed E-state index contributed by atoms with van der Waals surface area (Å²) in [6.07, 6.45) is 4.12. The van der Waals surface area contributed by atoms with Gasteiger partial charge in [0.05, 0.1) is 0 Å². The zero-order chi connectivity index (χ0) is 12.8. The van der Waals surface area contributed by atoms with Crippen LogP contribution in [0.25, 0.3) is 0 Å². The predicted octanol–water partition coefficient (Wildman–Crippen LogP) is 2.87. The van der Waals surface area contributed by atoms with Gasteiger partial charge in [0, 0.05) is 12.6 Å². The lowest BCUT2D eigenvalue weighted by Crippen LogP contribution is -2.25. The fourth-order valence-electron chi connectivity index (χ4n) is 2.05. The van der Waals surface area contributed by atoms with Gasteiger partial charge in [-0.15, -0.1) is 0 Å². The van der Waals surface area contributed by atoms with E-state index in [-0.39, 0.29) is 6.61 Å². The largest absolute Gasteiger partial charge is 0.479 e. The number of nitrogens with one attached hydrogen (secondary N) is 1. The molecule has 1 aliphatic rings. The lowest BCUT2D eigenvalue weighted by molar-refractivity contribution is 0.368. The topological polar surface area (TPSA) is 45.0 Å². The van der Waals surface area contributed by atoms with Crippen molar-refractivity contribution >= 4 is 0 Å². The second kappa shape index (κ2) is 6.42. The van der Waals surface area contributed by atoms with E-state index in [0.29, 0.717) is 6.04 Å². The van der Waals surface area contributed by atoms with Gasteiger partial charge in [-0.2, -0.15) is 5.26 Å². The maximum absolute atomic E-state index is 8.42. The Hall–Kier alpha value is -1.53. The van der Waals surface area contributed by atoms with Gasteiger partial charge in [-0.3, -0.25) is 0 Å². The number of rotatable bonds is 7. The Morgan fingerprint density at radius 2 is 2.11 bits per heavy atom. The molecule has 18 heavy (non-hydrogen) atoms. The lowest BCUT2D eigenvalue weighted by atomic mass is 10.1. The molecule has 96 valence electrons. The van der Waals surface area contributed by atoms with E-state index in [1.165, 1.54) is 24.8 Å². The molecule has 0 bridgehead atoms. The molecule has 1 aliphatic carbocycles. The molecular formula is C15H20N2O. The first kappa shape index (κ1) is 12.9. The zero-order valence-corrected chi connectivity index (χ0v) is 10.9. The summed E-state index contributed by atoms with van der Waals surface area (Å²) in [6.45, 7) is 3.26. The molecule has 1 fully saturated rings. The number of hydrogen-bond acceptors (Lipinski definition) is 3. The minimum absolute atomic E-state index is 0.107. The van der Waals surface area contributed by atoms with Crippen molar-refractivity contribution in [2.45, 2.75) is 38.8 Å². The number of benzene rings is 1. The highest BCUT2D eigenvalue weighted by atomic mass is 16.5. The van der Waals surface area contributed by atoms with E-state index in [2.05, 4.69) is 12.2 Å². The van der Waals surface area contributed by atoms with Gasteiger partial charge in [0.1, 0.15) is 11.8 Å². The van der Waals surface area contributed by atoms with Crippen LogP contribution in [0.5, 0.6) is 5.75 Å². The predicted molar refractivity (Wildman–Crippen MR) is 71.2 cm³/mol. The summed E-state index contributed by atoms with van der Waals surface area (Å²) in [7, 11) is 0. The Morgan fingerprint density at radius 3 is 2.72 bits per heavy atom. The van der Waals surface area contributed by atoms with Crippen molar-refractivity contribution in [1.29, 1.82) is 5.26 Å². The van der Waals surface area contributed by atoms with Crippen molar-refractivity contribution in [3.8, 4) is 11.8 Å². The first-order chi connectivity index (χ1) is 8.78. The molecule has 1 atom stereocenters. The molecule has 0 aromatic heterocycles. The summed E-state index contributed by atoms with van der Waals surface area (Å²) < 4.78 is 5.22. The van der Waals surface area contributed by atoms with Crippen molar-refractivity contribution in [3.63, 3.8) is 0 Å². The molecule has 0 spiro atoms. The summed E-state index contributed by atoms with van der Waals surface area (Å²) in [5, 5.41) is 12.0. The van der Waals surface area contributed by atoms with Gasteiger partial charge in [-0.05, 0) is 37.0 Å². The minimum atomic E-state index is 0.107. The molecule has 0 aliphatic heterocycles. The van der Waals surface area contributed by atoms with Crippen LogP contribution in [-0.2, 0) is 6.54 Å². The zero-order valence-electron chi connectivity index (χ0n) is 10.9. The number of ether oxygens (including phenoxy) is 1. The van der Waals surface area contributed by atoms with Crippen LogP contribution in [0, 0.1) is 17.2 Å². The summed E-state index contributed by atoms with van der Waals surface area (Å²) in [5.74, 6) is 1.72. The lowest BCUT2D eigenvalue weighted by Gasteiger charge is -2.13. The first-order valence-corrected chi connectivity index (χ1v) is 6.60. The van der Waals surface area contributed by atoms with Crippen molar-refractivity contribution in [1.82, 2.24) is 5.32 Å². The molecule has 1 saturated carbocycles. The van der Waals surface area contributed by atoms with Crippen molar-refractivity contribution in [2.75, 3.05) is 6.61 Å². The van der Waals surface area contributed by atoms with Crippen LogP contribution in [0.1, 0.15) is 31.7 Å². The average Bonchev–Trinajstić information content (AvgIpc) is 3.19. The highest BCUT2D eigenvalue weighted by molar-refractivity contribution is 5.27. The molecule has 1 unspecified atom stereocenters. The molecular weight excluding hydrogens is 224 g/mol. The van der Waals surface area contributed by atoms with Gasteiger partial charge in [-0.1, -0.05) is 25.0 Å². The highest BCUT2D eigenvalue weighted by Crippen LogP contribution is 2.33. The van der Waals surface area contributed by atoms with Crippen molar-refractivity contribution in [3.05, 3.63) is 29.8 Å². The first-order valence-electron chi connectivity index (χ1n) is 6.60. The van der Waals surface area contributed by atoms with Crippen molar-refractivity contribution < 1.29 is 4.74 Å². The van der Waals surface area contributed by atoms with E-state index in [0.717, 1.165) is 18.2 Å². The van der Waals surface area contributed by atoms with Gasteiger partial charge in [0.2, 0.25) is 0 Å². The quantitative estimate of drug-likeness (QED) is 0.802. The molecule has 3 heteroatoms. The van der Waals surface area contributed by atoms with Gasteiger partial charge < -0.3 is 10.1 Å². The van der Waals surface area contributed by atoms with Gasteiger partial charge >= 0.3 is 0 Å². The van der Waals surface area contributed by atoms with E-state index in [9.17, 15) is 0 Å². The number of hydrogen-bond donors (Lipinski definition) is 1. The summed E-state index contributed by atoms with van der Waals surface area (Å²) in [4.78, 5) is 0. The maximum Gasteiger partial charge on any atom is 0.174 e. The van der Waals surface area contributed by atoms with E-state index >= 15 is 0 Å². The Labute approximate surface area is 109 Å². The van der Waals surface area contributed by atoms with Crippen LogP contribution in [0.3, 0.4) is 0 Å². The SMILES string of the molecule is CC(CC1CC1)NCc1ccc(OCC#N)cc1. The third kappa shape index (κ3) is 4.38. The molecule has 3 nitrogen and oxygen atoms in total. The minimum Gasteiger partial charge on any atom is -0.479 e. The highest BCUT2D eigenvalue weighted by Gasteiger charge is 2.23. The van der Waals surface area contributed by atoms with Gasteiger partial charge in [0.25, 0.3) is 0 Å². The molecule has 2 rings (SSSR count).